The van der Waals surface area contributed by atoms with Gasteiger partial charge in [0, 0.05) is 24.4 Å². The smallest absolute Gasteiger partial charge is 0.0401 e. The van der Waals surface area contributed by atoms with Crippen molar-refractivity contribution in [1.82, 2.24) is 0 Å². The lowest BCUT2D eigenvalue weighted by atomic mass is 9.71. The number of nitrogens with zero attached hydrogens (tertiary/aromatic N) is 1. The summed E-state index contributed by atoms with van der Waals surface area (Å²) in [5.41, 5.74) is 14.7. The van der Waals surface area contributed by atoms with Crippen LogP contribution in [0.3, 0.4) is 0 Å². The Morgan fingerprint density at radius 3 is 2.28 bits per heavy atom. The largest absolute Gasteiger partial charge is 0.398 e. The highest BCUT2D eigenvalue weighted by Gasteiger charge is 2.32. The minimum Gasteiger partial charge on any atom is -0.398 e. The maximum atomic E-state index is 6.81. The quantitative estimate of drug-likeness (QED) is 0.356. The summed E-state index contributed by atoms with van der Waals surface area (Å²) in [5.74, 6) is 0.380. The van der Waals surface area contributed by atoms with Crippen molar-refractivity contribution in [2.24, 2.45) is 28.0 Å². The minimum atomic E-state index is -0.00264. The van der Waals surface area contributed by atoms with Gasteiger partial charge in [0.1, 0.15) is 0 Å². The van der Waals surface area contributed by atoms with Crippen LogP contribution in [0.4, 0.5) is 0 Å². The molecule has 1 atom stereocenters. The zero-order valence-electron chi connectivity index (χ0n) is 20.0. The standard InChI is InChI=1S/C27H42N2/c1-11-12-13-14-20(6)25(24(18(2)3)19(4)5)21(7)26(28)22-17-27(8,9)16-15-23(22)29-10/h11-14,18,25H,6-7,15-17,28H2,1-5,8-10H3/b12-11-,14-13-,26-22+,29-23-. The third-order valence-electron chi connectivity index (χ3n) is 5.83. The van der Waals surface area contributed by atoms with Crippen LogP contribution in [0.5, 0.6) is 0 Å². The van der Waals surface area contributed by atoms with Crippen LogP contribution in [-0.4, -0.2) is 12.8 Å². The molecule has 0 radical (unpaired) electrons. The monoisotopic (exact) mass is 394 g/mol. The highest BCUT2D eigenvalue weighted by Crippen LogP contribution is 2.42. The molecule has 0 spiro atoms. The molecule has 0 aliphatic heterocycles. The molecule has 2 N–H and O–H groups in total. The summed E-state index contributed by atoms with van der Waals surface area (Å²) < 4.78 is 0. The second-order valence-electron chi connectivity index (χ2n) is 9.43. The molecule has 0 aromatic heterocycles. The first kappa shape index (κ1) is 24.9. The van der Waals surface area contributed by atoms with Gasteiger partial charge in [0.2, 0.25) is 0 Å². The molecule has 1 fully saturated rings. The molecule has 29 heavy (non-hydrogen) atoms. The van der Waals surface area contributed by atoms with Crippen molar-refractivity contribution in [2.45, 2.75) is 67.7 Å². The van der Waals surface area contributed by atoms with Crippen molar-refractivity contribution >= 4 is 5.71 Å². The Morgan fingerprint density at radius 2 is 1.79 bits per heavy atom. The highest BCUT2D eigenvalue weighted by molar-refractivity contribution is 6.02. The molecule has 1 aliphatic carbocycles. The van der Waals surface area contributed by atoms with Crippen molar-refractivity contribution in [2.75, 3.05) is 7.05 Å². The van der Waals surface area contributed by atoms with Gasteiger partial charge in [-0.15, -0.1) is 0 Å². The van der Waals surface area contributed by atoms with Crippen LogP contribution in [-0.2, 0) is 0 Å². The van der Waals surface area contributed by atoms with E-state index in [0.29, 0.717) is 5.92 Å². The fourth-order valence-corrected chi connectivity index (χ4v) is 4.32. The Hall–Kier alpha value is -2.09. The number of aliphatic imine (C=N–C) groups is 1. The molecule has 1 unspecified atom stereocenters. The predicted molar refractivity (Wildman–Crippen MR) is 131 cm³/mol. The van der Waals surface area contributed by atoms with Gasteiger partial charge in [0.25, 0.3) is 0 Å². The molecule has 0 saturated heterocycles. The summed E-state index contributed by atoms with van der Waals surface area (Å²) in [6.07, 6.45) is 11.2. The average molecular weight is 395 g/mol. The summed E-state index contributed by atoms with van der Waals surface area (Å²) in [5, 5.41) is 0. The van der Waals surface area contributed by atoms with Gasteiger partial charge in [-0.3, -0.25) is 4.99 Å². The van der Waals surface area contributed by atoms with Crippen molar-refractivity contribution < 1.29 is 0 Å². The summed E-state index contributed by atoms with van der Waals surface area (Å²) in [6, 6.07) is 0. The van der Waals surface area contributed by atoms with E-state index < -0.39 is 0 Å². The maximum absolute atomic E-state index is 6.81. The van der Waals surface area contributed by atoms with E-state index in [4.69, 9.17) is 5.73 Å². The van der Waals surface area contributed by atoms with Gasteiger partial charge >= 0.3 is 0 Å². The lowest BCUT2D eigenvalue weighted by molar-refractivity contribution is 0.329. The van der Waals surface area contributed by atoms with Gasteiger partial charge in [-0.1, -0.05) is 76.3 Å². The van der Waals surface area contributed by atoms with E-state index in [2.05, 4.69) is 65.8 Å². The van der Waals surface area contributed by atoms with E-state index in [0.717, 1.165) is 41.8 Å². The number of hydrogen-bond acceptors (Lipinski definition) is 2. The fourth-order valence-electron chi connectivity index (χ4n) is 4.32. The van der Waals surface area contributed by atoms with Crippen LogP contribution in [0.25, 0.3) is 0 Å². The van der Waals surface area contributed by atoms with Crippen LogP contribution < -0.4 is 5.73 Å². The molecule has 1 aliphatic rings. The summed E-state index contributed by atoms with van der Waals surface area (Å²) >= 11 is 0. The topological polar surface area (TPSA) is 38.4 Å². The summed E-state index contributed by atoms with van der Waals surface area (Å²) in [4.78, 5) is 4.56. The van der Waals surface area contributed by atoms with Gasteiger partial charge in [-0.05, 0) is 68.1 Å². The van der Waals surface area contributed by atoms with Gasteiger partial charge in [-0.2, -0.15) is 0 Å². The first-order chi connectivity index (χ1) is 13.5. The average Bonchev–Trinajstić information content (AvgIpc) is 2.63. The lowest BCUT2D eigenvalue weighted by Crippen LogP contribution is -2.28. The Morgan fingerprint density at radius 1 is 1.17 bits per heavy atom. The molecule has 0 aromatic rings. The van der Waals surface area contributed by atoms with Crippen molar-refractivity contribution in [3.05, 3.63) is 71.0 Å². The number of rotatable bonds is 7. The highest BCUT2D eigenvalue weighted by atomic mass is 14.7. The van der Waals surface area contributed by atoms with Crippen LogP contribution in [0.1, 0.15) is 67.7 Å². The second-order valence-corrected chi connectivity index (χ2v) is 9.43. The minimum absolute atomic E-state index is 0.00264. The van der Waals surface area contributed by atoms with E-state index in [1.54, 1.807) is 0 Å². The Labute approximate surface area is 179 Å². The Bertz CT molecular complexity index is 775. The molecular formula is C27H42N2. The van der Waals surface area contributed by atoms with E-state index >= 15 is 0 Å². The SMILES string of the molecule is C=C(/C=C\C=C/C)C(C(=C)/C(N)=C1/CC(C)(C)CC/C1=N/C)C(=C(C)C)C(C)C. The normalized spacial score (nSPS) is 21.1. The van der Waals surface area contributed by atoms with E-state index in [1.165, 1.54) is 16.7 Å². The number of allylic oxidation sites excluding steroid dienone is 9. The zero-order chi connectivity index (χ0) is 22.4. The molecule has 1 rings (SSSR count). The maximum Gasteiger partial charge on any atom is 0.0401 e. The second kappa shape index (κ2) is 10.6. The molecule has 0 bridgehead atoms. The first-order valence-electron chi connectivity index (χ1n) is 10.8. The molecule has 2 heteroatoms. The fraction of sp³-hybridized carbons (Fsp3) is 0.519. The van der Waals surface area contributed by atoms with Gasteiger partial charge in [0.05, 0.1) is 0 Å². The zero-order valence-corrected chi connectivity index (χ0v) is 20.0. The van der Waals surface area contributed by atoms with Gasteiger partial charge < -0.3 is 5.73 Å². The molecular weight excluding hydrogens is 352 g/mol. The molecule has 0 amide bonds. The predicted octanol–water partition coefficient (Wildman–Crippen LogP) is 7.33. The van der Waals surface area contributed by atoms with Crippen LogP contribution in [0.15, 0.2) is 76.0 Å². The molecule has 2 nitrogen and oxygen atoms in total. The van der Waals surface area contributed by atoms with E-state index in [-0.39, 0.29) is 11.3 Å². The molecule has 0 aromatic carbocycles. The molecule has 1 saturated carbocycles. The number of hydrogen-bond donors (Lipinski definition) is 1. The van der Waals surface area contributed by atoms with Crippen molar-refractivity contribution in [1.29, 1.82) is 0 Å². The summed E-state index contributed by atoms with van der Waals surface area (Å²) in [7, 11) is 1.87. The van der Waals surface area contributed by atoms with E-state index in [1.807, 2.05) is 32.2 Å². The lowest BCUT2D eigenvalue weighted by Gasteiger charge is -2.35. The van der Waals surface area contributed by atoms with Crippen LogP contribution in [0, 0.1) is 17.3 Å². The number of nitrogens with two attached hydrogens (primary N) is 1. The Balaban J connectivity index is 3.57. The van der Waals surface area contributed by atoms with Crippen molar-refractivity contribution in [3.63, 3.8) is 0 Å². The van der Waals surface area contributed by atoms with Crippen molar-refractivity contribution in [3.8, 4) is 0 Å². The molecule has 160 valence electrons. The van der Waals surface area contributed by atoms with Gasteiger partial charge in [-0.25, -0.2) is 0 Å². The van der Waals surface area contributed by atoms with Crippen LogP contribution >= 0.6 is 0 Å². The summed E-state index contributed by atoms with van der Waals surface area (Å²) in [6.45, 7) is 24.3. The first-order valence-corrected chi connectivity index (χ1v) is 10.8. The van der Waals surface area contributed by atoms with Gasteiger partial charge in [0.15, 0.2) is 0 Å². The third-order valence-corrected chi connectivity index (χ3v) is 5.83. The van der Waals surface area contributed by atoms with E-state index in [9.17, 15) is 0 Å². The third kappa shape index (κ3) is 6.45. The van der Waals surface area contributed by atoms with Crippen LogP contribution in [0.2, 0.25) is 0 Å². The molecule has 0 heterocycles. The Kier molecular flexibility index (Phi) is 9.14.